The molecule has 2 N–H and O–H groups in total. The van der Waals surface area contributed by atoms with Gasteiger partial charge in [-0.1, -0.05) is 0 Å². The minimum Gasteiger partial charge on any atom is -0.444 e. The van der Waals surface area contributed by atoms with Crippen LogP contribution in [0.1, 0.15) is 46.5 Å². The van der Waals surface area contributed by atoms with Crippen LogP contribution in [-0.4, -0.2) is 68.0 Å². The number of carbonyl (C=O) groups is 1. The fourth-order valence-corrected chi connectivity index (χ4v) is 2.66. The van der Waals surface area contributed by atoms with Crippen molar-refractivity contribution in [2.24, 2.45) is 4.99 Å². The second kappa shape index (κ2) is 10.4. The van der Waals surface area contributed by atoms with E-state index in [0.717, 1.165) is 44.8 Å². The van der Waals surface area contributed by atoms with Crippen LogP contribution in [0.3, 0.4) is 0 Å². The second-order valence-corrected chi connectivity index (χ2v) is 7.42. The van der Waals surface area contributed by atoms with Crippen molar-refractivity contribution in [2.45, 2.75) is 64.2 Å². The van der Waals surface area contributed by atoms with Crippen molar-refractivity contribution >= 4 is 36.0 Å². The van der Waals surface area contributed by atoms with Gasteiger partial charge in [-0.2, -0.15) is 0 Å². The van der Waals surface area contributed by atoms with Crippen LogP contribution < -0.4 is 10.6 Å². The molecule has 2 rings (SSSR count). The lowest BCUT2D eigenvalue weighted by molar-refractivity contribution is 0.0238. The maximum absolute atomic E-state index is 12.3. The van der Waals surface area contributed by atoms with Gasteiger partial charge in [0.25, 0.3) is 0 Å². The van der Waals surface area contributed by atoms with Gasteiger partial charge in [-0.15, -0.1) is 24.0 Å². The summed E-state index contributed by atoms with van der Waals surface area (Å²) in [6.07, 6.45) is 4.39. The zero-order valence-corrected chi connectivity index (χ0v) is 18.2. The van der Waals surface area contributed by atoms with Crippen LogP contribution in [0.15, 0.2) is 4.99 Å². The van der Waals surface area contributed by atoms with Gasteiger partial charge >= 0.3 is 6.09 Å². The summed E-state index contributed by atoms with van der Waals surface area (Å²) in [5.41, 5.74) is -0.462. The largest absolute Gasteiger partial charge is 0.444 e. The molecule has 0 spiro atoms. The molecule has 0 aromatic carbocycles. The van der Waals surface area contributed by atoms with Gasteiger partial charge in [0.1, 0.15) is 5.60 Å². The number of carbonyl (C=O) groups excluding carboxylic acids is 1. The van der Waals surface area contributed by atoms with E-state index in [1.807, 2.05) is 25.7 Å². The molecule has 1 saturated carbocycles. The number of amides is 1. The van der Waals surface area contributed by atoms with Crippen molar-refractivity contribution in [3.8, 4) is 0 Å². The number of guanidine groups is 1. The standard InChI is InChI=1S/C17H32N4O3.HI/c1-17(2,3)24-16(22)21(13-7-8-13)10-9-19-15(18-4)20-12-14-6-5-11-23-14;/h13-14H,5-12H2,1-4H3,(H2,18,19,20);1H. The molecule has 8 heteroatoms. The maximum atomic E-state index is 12.3. The lowest BCUT2D eigenvalue weighted by Crippen LogP contribution is -2.46. The summed E-state index contributed by atoms with van der Waals surface area (Å²) < 4.78 is 11.1. The lowest BCUT2D eigenvalue weighted by atomic mass is 10.2. The molecule has 146 valence electrons. The first-order chi connectivity index (χ1) is 11.4. The normalized spacial score (nSPS) is 20.6. The van der Waals surface area contributed by atoms with E-state index in [4.69, 9.17) is 9.47 Å². The minimum atomic E-state index is -0.462. The van der Waals surface area contributed by atoms with Gasteiger partial charge in [0, 0.05) is 39.3 Å². The summed E-state index contributed by atoms with van der Waals surface area (Å²) in [4.78, 5) is 18.3. The number of hydrogen-bond acceptors (Lipinski definition) is 4. The third-order valence-corrected chi connectivity index (χ3v) is 4.01. The van der Waals surface area contributed by atoms with Crippen LogP contribution in [0.25, 0.3) is 0 Å². The molecule has 25 heavy (non-hydrogen) atoms. The van der Waals surface area contributed by atoms with Crippen molar-refractivity contribution < 1.29 is 14.3 Å². The van der Waals surface area contributed by atoms with E-state index in [-0.39, 0.29) is 36.2 Å². The molecule has 0 aromatic rings. The Morgan fingerprint density at radius 2 is 2.00 bits per heavy atom. The minimum absolute atomic E-state index is 0. The van der Waals surface area contributed by atoms with Crippen LogP contribution in [0.2, 0.25) is 0 Å². The highest BCUT2D eigenvalue weighted by Crippen LogP contribution is 2.28. The van der Waals surface area contributed by atoms with Crippen molar-refractivity contribution in [3.05, 3.63) is 0 Å². The molecule has 1 aliphatic heterocycles. The van der Waals surface area contributed by atoms with Gasteiger partial charge in [0.15, 0.2) is 5.96 Å². The Morgan fingerprint density at radius 1 is 1.28 bits per heavy atom. The number of hydrogen-bond donors (Lipinski definition) is 2. The molecule has 1 heterocycles. The molecule has 1 aliphatic carbocycles. The molecule has 1 saturated heterocycles. The van der Waals surface area contributed by atoms with E-state index < -0.39 is 5.60 Å². The quantitative estimate of drug-likeness (QED) is 0.356. The van der Waals surface area contributed by atoms with Crippen LogP contribution in [0, 0.1) is 0 Å². The van der Waals surface area contributed by atoms with Crippen LogP contribution in [0.4, 0.5) is 4.79 Å². The highest BCUT2D eigenvalue weighted by Gasteiger charge is 2.34. The monoisotopic (exact) mass is 468 g/mol. The average Bonchev–Trinajstić information content (AvgIpc) is 3.19. The zero-order chi connectivity index (χ0) is 17.6. The summed E-state index contributed by atoms with van der Waals surface area (Å²) >= 11 is 0. The predicted octanol–water partition coefficient (Wildman–Crippen LogP) is 2.35. The number of nitrogens with zero attached hydrogens (tertiary/aromatic N) is 2. The highest BCUT2D eigenvalue weighted by molar-refractivity contribution is 14.0. The van der Waals surface area contributed by atoms with E-state index in [1.165, 1.54) is 0 Å². The third kappa shape index (κ3) is 8.44. The number of ether oxygens (including phenoxy) is 2. The SMILES string of the molecule is CN=C(NCCN(C(=O)OC(C)(C)C)C1CC1)NCC1CCCO1.I. The highest BCUT2D eigenvalue weighted by atomic mass is 127. The molecule has 1 atom stereocenters. The van der Waals surface area contributed by atoms with E-state index in [2.05, 4.69) is 15.6 Å². The molecule has 0 bridgehead atoms. The summed E-state index contributed by atoms with van der Waals surface area (Å²) in [6.45, 7) is 8.55. The Kier molecular flexibility index (Phi) is 9.26. The molecular formula is C17H33IN4O3. The fourth-order valence-electron chi connectivity index (χ4n) is 2.66. The lowest BCUT2D eigenvalue weighted by Gasteiger charge is -2.27. The van der Waals surface area contributed by atoms with Crippen LogP contribution in [0.5, 0.6) is 0 Å². The topological polar surface area (TPSA) is 75.2 Å². The van der Waals surface area contributed by atoms with E-state index in [1.54, 1.807) is 7.05 Å². The Hall–Kier alpha value is -0.770. The first-order valence-electron chi connectivity index (χ1n) is 8.95. The van der Waals surface area contributed by atoms with Gasteiger partial charge in [-0.3, -0.25) is 4.99 Å². The Balaban J connectivity index is 0.00000312. The van der Waals surface area contributed by atoms with Crippen LogP contribution in [-0.2, 0) is 9.47 Å². The summed E-state index contributed by atoms with van der Waals surface area (Å²) in [7, 11) is 1.75. The Labute approximate surface area is 168 Å². The van der Waals surface area contributed by atoms with Gasteiger partial charge in [-0.05, 0) is 46.5 Å². The Bertz CT molecular complexity index is 444. The molecule has 0 radical (unpaired) electrons. The zero-order valence-electron chi connectivity index (χ0n) is 15.8. The number of nitrogens with one attached hydrogen (secondary N) is 2. The van der Waals surface area contributed by atoms with Gasteiger partial charge in [-0.25, -0.2) is 4.79 Å². The van der Waals surface area contributed by atoms with E-state index in [9.17, 15) is 4.79 Å². The summed E-state index contributed by atoms with van der Waals surface area (Å²) in [5, 5.41) is 6.53. The van der Waals surface area contributed by atoms with Gasteiger partial charge in [0.2, 0.25) is 0 Å². The molecule has 1 amide bonds. The molecule has 1 unspecified atom stereocenters. The fraction of sp³-hybridized carbons (Fsp3) is 0.882. The number of rotatable bonds is 6. The predicted molar refractivity (Wildman–Crippen MR) is 110 cm³/mol. The van der Waals surface area contributed by atoms with Crippen molar-refractivity contribution in [3.63, 3.8) is 0 Å². The van der Waals surface area contributed by atoms with Crippen molar-refractivity contribution in [1.29, 1.82) is 0 Å². The summed E-state index contributed by atoms with van der Waals surface area (Å²) in [6, 6.07) is 0.323. The van der Waals surface area contributed by atoms with Gasteiger partial charge < -0.3 is 25.0 Å². The maximum Gasteiger partial charge on any atom is 0.410 e. The Morgan fingerprint density at radius 3 is 2.52 bits per heavy atom. The van der Waals surface area contributed by atoms with E-state index >= 15 is 0 Å². The molecule has 0 aromatic heterocycles. The smallest absolute Gasteiger partial charge is 0.410 e. The molecular weight excluding hydrogens is 435 g/mol. The summed E-state index contributed by atoms with van der Waals surface area (Å²) in [5.74, 6) is 0.741. The first-order valence-corrected chi connectivity index (χ1v) is 8.95. The molecule has 2 aliphatic rings. The van der Waals surface area contributed by atoms with E-state index in [0.29, 0.717) is 19.1 Å². The number of halogens is 1. The number of aliphatic imine (C=N–C) groups is 1. The van der Waals surface area contributed by atoms with Crippen LogP contribution >= 0.6 is 24.0 Å². The van der Waals surface area contributed by atoms with Gasteiger partial charge in [0.05, 0.1) is 6.10 Å². The first kappa shape index (κ1) is 22.3. The van der Waals surface area contributed by atoms with Crippen molar-refractivity contribution in [2.75, 3.05) is 33.3 Å². The van der Waals surface area contributed by atoms with Crippen molar-refractivity contribution in [1.82, 2.24) is 15.5 Å². The molecule has 2 fully saturated rings. The third-order valence-electron chi connectivity index (χ3n) is 4.01. The second-order valence-electron chi connectivity index (χ2n) is 7.42. The molecule has 7 nitrogen and oxygen atoms in total. The average molecular weight is 468 g/mol.